The van der Waals surface area contributed by atoms with Gasteiger partial charge in [0.2, 0.25) is 0 Å². The Bertz CT molecular complexity index is 1320. The van der Waals surface area contributed by atoms with Crippen LogP contribution < -0.4 is 9.47 Å². The predicted octanol–water partition coefficient (Wildman–Crippen LogP) is 4.61. The highest BCUT2D eigenvalue weighted by atomic mass is 32.2. The number of hydrogen-bond donors (Lipinski definition) is 0. The minimum Gasteiger partial charge on any atom is -0.488 e. The van der Waals surface area contributed by atoms with Gasteiger partial charge in [-0.2, -0.15) is 0 Å². The standard InChI is InChI=1S/C23H23N3O5S2/c1-16(15-29-2)30-19-11-17(21-5-4-9-26(21)23-24-8-10-32-23)12-20(13-19)31-18-6-7-22(25-14-18)33(3,27)28/h4-14,16H,15H2,1-3H3/t16-/m0/s1. The lowest BCUT2D eigenvalue weighted by molar-refractivity contribution is 0.0920. The maximum Gasteiger partial charge on any atom is 0.193 e. The van der Waals surface area contributed by atoms with E-state index in [0.29, 0.717) is 23.9 Å². The molecule has 0 aliphatic rings. The van der Waals surface area contributed by atoms with Gasteiger partial charge in [0.05, 0.1) is 18.5 Å². The van der Waals surface area contributed by atoms with Crippen molar-refractivity contribution in [3.8, 4) is 33.6 Å². The third kappa shape index (κ3) is 5.59. The van der Waals surface area contributed by atoms with Gasteiger partial charge in [0.25, 0.3) is 0 Å². The zero-order valence-electron chi connectivity index (χ0n) is 18.3. The summed E-state index contributed by atoms with van der Waals surface area (Å²) in [5.41, 5.74) is 1.79. The second-order valence-electron chi connectivity index (χ2n) is 7.36. The highest BCUT2D eigenvalue weighted by Gasteiger charge is 2.14. The maximum absolute atomic E-state index is 11.7. The van der Waals surface area contributed by atoms with Crippen molar-refractivity contribution in [3.05, 3.63) is 66.4 Å². The molecule has 0 aliphatic carbocycles. The first-order valence-corrected chi connectivity index (χ1v) is 12.8. The summed E-state index contributed by atoms with van der Waals surface area (Å²) in [5, 5.41) is 2.76. The van der Waals surface area contributed by atoms with Crippen LogP contribution in [-0.4, -0.2) is 49.0 Å². The van der Waals surface area contributed by atoms with Gasteiger partial charge in [-0.05, 0) is 43.3 Å². The van der Waals surface area contributed by atoms with E-state index in [1.54, 1.807) is 25.4 Å². The molecule has 0 unspecified atom stereocenters. The van der Waals surface area contributed by atoms with Gasteiger partial charge in [0.1, 0.15) is 23.4 Å². The van der Waals surface area contributed by atoms with Crippen molar-refractivity contribution in [1.82, 2.24) is 14.5 Å². The number of ether oxygens (including phenoxy) is 3. The zero-order chi connectivity index (χ0) is 23.4. The van der Waals surface area contributed by atoms with Gasteiger partial charge < -0.3 is 14.2 Å². The van der Waals surface area contributed by atoms with E-state index in [1.807, 2.05) is 47.3 Å². The molecule has 0 amide bonds. The van der Waals surface area contributed by atoms with E-state index in [0.717, 1.165) is 22.6 Å². The fraction of sp³-hybridized carbons (Fsp3) is 0.217. The second-order valence-corrected chi connectivity index (χ2v) is 10.2. The van der Waals surface area contributed by atoms with E-state index in [1.165, 1.54) is 23.6 Å². The van der Waals surface area contributed by atoms with Crippen molar-refractivity contribution in [3.63, 3.8) is 0 Å². The number of methoxy groups -OCH3 is 1. The van der Waals surface area contributed by atoms with Crippen LogP contribution in [0.25, 0.3) is 16.4 Å². The monoisotopic (exact) mass is 485 g/mol. The van der Waals surface area contributed by atoms with E-state index < -0.39 is 9.84 Å². The molecule has 8 nitrogen and oxygen atoms in total. The van der Waals surface area contributed by atoms with E-state index in [4.69, 9.17) is 14.2 Å². The average molecular weight is 486 g/mol. The van der Waals surface area contributed by atoms with Crippen molar-refractivity contribution in [2.24, 2.45) is 0 Å². The Kier molecular flexibility index (Phi) is 6.77. The quantitative estimate of drug-likeness (QED) is 0.342. The van der Waals surface area contributed by atoms with Crippen molar-refractivity contribution in [2.45, 2.75) is 18.1 Å². The van der Waals surface area contributed by atoms with Crippen LogP contribution in [0.2, 0.25) is 0 Å². The summed E-state index contributed by atoms with van der Waals surface area (Å²) in [4.78, 5) is 8.39. The molecule has 0 fully saturated rings. The molecule has 0 aliphatic heterocycles. The summed E-state index contributed by atoms with van der Waals surface area (Å²) in [5.74, 6) is 1.54. The van der Waals surface area contributed by atoms with E-state index in [9.17, 15) is 8.42 Å². The second kappa shape index (κ2) is 9.74. The number of nitrogens with zero attached hydrogens (tertiary/aromatic N) is 3. The largest absolute Gasteiger partial charge is 0.488 e. The fourth-order valence-electron chi connectivity index (χ4n) is 3.25. The van der Waals surface area contributed by atoms with Crippen molar-refractivity contribution < 1.29 is 22.6 Å². The molecule has 0 saturated carbocycles. The first-order valence-electron chi connectivity index (χ1n) is 10.1. The Hall–Kier alpha value is -3.21. The van der Waals surface area contributed by atoms with Crippen LogP contribution >= 0.6 is 11.3 Å². The Balaban J connectivity index is 1.70. The van der Waals surface area contributed by atoms with Gasteiger partial charge in [0, 0.05) is 42.8 Å². The molecule has 0 bridgehead atoms. The summed E-state index contributed by atoms with van der Waals surface area (Å²) in [6.07, 6.45) is 6.04. The number of rotatable bonds is 9. The van der Waals surface area contributed by atoms with Crippen LogP contribution in [0, 0.1) is 0 Å². The summed E-state index contributed by atoms with van der Waals surface area (Å²) >= 11 is 1.54. The maximum atomic E-state index is 11.7. The van der Waals surface area contributed by atoms with Gasteiger partial charge >= 0.3 is 0 Å². The minimum absolute atomic E-state index is 0.0118. The number of sulfone groups is 1. The topological polar surface area (TPSA) is 92.5 Å². The Morgan fingerprint density at radius 1 is 1.09 bits per heavy atom. The smallest absolute Gasteiger partial charge is 0.193 e. The van der Waals surface area contributed by atoms with Crippen LogP contribution in [-0.2, 0) is 14.6 Å². The molecular weight excluding hydrogens is 462 g/mol. The fourth-order valence-corrected chi connectivity index (χ4v) is 4.45. The number of benzene rings is 1. The number of thiazole rings is 1. The van der Waals surface area contributed by atoms with Gasteiger partial charge in [-0.15, -0.1) is 11.3 Å². The number of aromatic nitrogens is 3. The zero-order valence-corrected chi connectivity index (χ0v) is 20.0. The summed E-state index contributed by atoms with van der Waals surface area (Å²) in [6.45, 7) is 2.36. The number of pyridine rings is 1. The molecule has 3 aromatic heterocycles. The highest BCUT2D eigenvalue weighted by Crippen LogP contribution is 2.34. The molecule has 1 aromatic carbocycles. The lowest BCUT2D eigenvalue weighted by Crippen LogP contribution is -2.18. The minimum atomic E-state index is -3.39. The SMILES string of the molecule is COC[C@H](C)Oc1cc(Oc2ccc(S(C)(=O)=O)nc2)cc(-c2cccn2-c2nccs2)c1. The van der Waals surface area contributed by atoms with E-state index in [-0.39, 0.29) is 11.1 Å². The van der Waals surface area contributed by atoms with Crippen LogP contribution in [0.15, 0.2) is 71.5 Å². The van der Waals surface area contributed by atoms with Crippen molar-refractivity contribution in [1.29, 1.82) is 0 Å². The van der Waals surface area contributed by atoms with Crippen LogP contribution in [0.5, 0.6) is 17.2 Å². The third-order valence-electron chi connectivity index (χ3n) is 4.61. The van der Waals surface area contributed by atoms with Gasteiger partial charge in [-0.25, -0.2) is 18.4 Å². The molecular formula is C23H23N3O5S2. The lowest BCUT2D eigenvalue weighted by atomic mass is 10.1. The van der Waals surface area contributed by atoms with E-state index >= 15 is 0 Å². The summed E-state index contributed by atoms with van der Waals surface area (Å²) in [7, 11) is -1.76. The first-order chi connectivity index (χ1) is 15.8. The number of hydrogen-bond acceptors (Lipinski definition) is 8. The van der Waals surface area contributed by atoms with Crippen LogP contribution in [0.4, 0.5) is 0 Å². The third-order valence-corrected chi connectivity index (χ3v) is 6.39. The molecule has 172 valence electrons. The highest BCUT2D eigenvalue weighted by molar-refractivity contribution is 7.90. The van der Waals surface area contributed by atoms with Gasteiger partial charge in [0.15, 0.2) is 20.0 Å². The molecule has 1 atom stereocenters. The first kappa shape index (κ1) is 23.0. The van der Waals surface area contributed by atoms with Crippen molar-refractivity contribution >= 4 is 21.2 Å². The van der Waals surface area contributed by atoms with Gasteiger partial charge in [-0.1, -0.05) is 0 Å². The molecule has 33 heavy (non-hydrogen) atoms. The van der Waals surface area contributed by atoms with Gasteiger partial charge in [-0.3, -0.25) is 4.57 Å². The van der Waals surface area contributed by atoms with E-state index in [2.05, 4.69) is 9.97 Å². The molecule has 10 heteroatoms. The Morgan fingerprint density at radius 3 is 2.58 bits per heavy atom. The predicted molar refractivity (Wildman–Crippen MR) is 126 cm³/mol. The Labute approximate surface area is 196 Å². The molecule has 3 heterocycles. The van der Waals surface area contributed by atoms with Crippen molar-refractivity contribution in [2.75, 3.05) is 20.0 Å². The lowest BCUT2D eigenvalue weighted by Gasteiger charge is -2.17. The Morgan fingerprint density at radius 2 is 1.91 bits per heavy atom. The molecule has 4 aromatic rings. The molecule has 4 rings (SSSR count). The molecule has 0 N–H and O–H groups in total. The normalized spacial score (nSPS) is 12.5. The molecule has 0 radical (unpaired) electrons. The molecule has 0 spiro atoms. The molecule has 0 saturated heterocycles. The summed E-state index contributed by atoms with van der Waals surface area (Å²) < 4.78 is 42.6. The van der Waals surface area contributed by atoms with Crippen LogP contribution in [0.3, 0.4) is 0 Å². The van der Waals surface area contributed by atoms with Crippen LogP contribution in [0.1, 0.15) is 6.92 Å². The summed E-state index contributed by atoms with van der Waals surface area (Å²) in [6, 6.07) is 12.5. The average Bonchev–Trinajstić information content (AvgIpc) is 3.45.